The molecule has 1 N–H and O–H groups in total. The van der Waals surface area contributed by atoms with Gasteiger partial charge in [-0.25, -0.2) is 9.97 Å². The molecule has 0 aromatic carbocycles. The first-order valence-corrected chi connectivity index (χ1v) is 8.86. The zero-order valence-electron chi connectivity index (χ0n) is 15.3. The van der Waals surface area contributed by atoms with Crippen molar-refractivity contribution in [1.29, 1.82) is 0 Å². The third kappa shape index (κ3) is 2.89. The van der Waals surface area contributed by atoms with Gasteiger partial charge in [0.05, 0.1) is 28.5 Å². The van der Waals surface area contributed by atoms with E-state index in [1.165, 1.54) is 12.8 Å². The molecule has 1 saturated heterocycles. The Labute approximate surface area is 152 Å². The van der Waals surface area contributed by atoms with Gasteiger partial charge in [-0.1, -0.05) is 0 Å². The van der Waals surface area contributed by atoms with Crippen molar-refractivity contribution in [3.8, 4) is 0 Å². The molecule has 1 aliphatic rings. The lowest BCUT2D eigenvalue weighted by Crippen LogP contribution is -2.19. The largest absolute Gasteiger partial charge is 0.357 e. The Morgan fingerprint density at radius 2 is 1.96 bits per heavy atom. The minimum Gasteiger partial charge on any atom is -0.357 e. The van der Waals surface area contributed by atoms with Crippen LogP contribution in [0, 0.1) is 13.8 Å². The maximum atomic E-state index is 12.9. The molecule has 3 aromatic rings. The summed E-state index contributed by atoms with van der Waals surface area (Å²) in [5.41, 5.74) is 3.56. The van der Waals surface area contributed by atoms with Crippen LogP contribution in [0.25, 0.3) is 11.0 Å². The molecule has 1 fully saturated rings. The summed E-state index contributed by atoms with van der Waals surface area (Å²) < 4.78 is 1.71. The van der Waals surface area contributed by atoms with Gasteiger partial charge in [0.2, 0.25) is 0 Å². The molecule has 0 spiro atoms. The van der Waals surface area contributed by atoms with Crippen molar-refractivity contribution in [2.45, 2.75) is 26.7 Å². The number of hydrogen-bond acceptors (Lipinski definition) is 5. The van der Waals surface area contributed by atoms with E-state index in [2.05, 4.69) is 25.3 Å². The SMILES string of the molecule is Cc1cc(C(=O)Nc2ccc(N3CCCC3)nc2)c2c(C)nn(C)c2n1. The lowest BCUT2D eigenvalue weighted by molar-refractivity contribution is 0.102. The second-order valence-electron chi connectivity index (χ2n) is 6.77. The lowest BCUT2D eigenvalue weighted by atomic mass is 10.1. The van der Waals surface area contributed by atoms with Crippen LogP contribution in [-0.2, 0) is 7.05 Å². The molecule has 3 aromatic heterocycles. The molecule has 0 bridgehead atoms. The summed E-state index contributed by atoms with van der Waals surface area (Å²) in [5, 5.41) is 8.13. The number of carbonyl (C=O) groups excluding carboxylic acids is 1. The molecular weight excluding hydrogens is 328 g/mol. The number of fused-ring (bicyclic) bond motifs is 1. The molecule has 4 rings (SSSR count). The predicted molar refractivity (Wildman–Crippen MR) is 102 cm³/mol. The number of nitrogens with zero attached hydrogens (tertiary/aromatic N) is 5. The van der Waals surface area contributed by atoms with Crippen LogP contribution in [0.5, 0.6) is 0 Å². The lowest BCUT2D eigenvalue weighted by Gasteiger charge is -2.16. The molecule has 0 saturated carbocycles. The number of nitrogens with one attached hydrogen (secondary N) is 1. The van der Waals surface area contributed by atoms with E-state index in [0.717, 1.165) is 41.3 Å². The summed E-state index contributed by atoms with van der Waals surface area (Å²) in [6.45, 7) is 5.87. The number of carbonyl (C=O) groups is 1. The standard InChI is InChI=1S/C19H22N6O/c1-12-10-15(17-13(2)23-24(3)18(17)21-12)19(26)22-14-6-7-16(20-11-14)25-8-4-5-9-25/h6-7,10-11H,4-5,8-9H2,1-3H3,(H,22,26). The molecule has 1 amide bonds. The van der Waals surface area contributed by atoms with Crippen molar-refractivity contribution in [1.82, 2.24) is 19.7 Å². The van der Waals surface area contributed by atoms with E-state index in [9.17, 15) is 4.79 Å². The molecule has 134 valence electrons. The Balaban J connectivity index is 1.61. The van der Waals surface area contributed by atoms with Gasteiger partial charge < -0.3 is 10.2 Å². The second kappa shape index (κ2) is 6.40. The first kappa shape index (κ1) is 16.5. The van der Waals surface area contributed by atoms with Crippen molar-refractivity contribution >= 4 is 28.4 Å². The molecule has 0 atom stereocenters. The number of amides is 1. The molecule has 0 radical (unpaired) electrons. The zero-order chi connectivity index (χ0) is 18.3. The highest BCUT2D eigenvalue weighted by molar-refractivity contribution is 6.12. The zero-order valence-corrected chi connectivity index (χ0v) is 15.3. The highest BCUT2D eigenvalue weighted by Crippen LogP contribution is 2.23. The van der Waals surface area contributed by atoms with Crippen molar-refractivity contribution < 1.29 is 4.79 Å². The Hall–Kier alpha value is -2.96. The summed E-state index contributed by atoms with van der Waals surface area (Å²) in [6, 6.07) is 5.67. The van der Waals surface area contributed by atoms with Crippen LogP contribution in [0.15, 0.2) is 24.4 Å². The predicted octanol–water partition coefficient (Wildman–Crippen LogP) is 2.83. The van der Waals surface area contributed by atoms with Crippen molar-refractivity contribution in [2.75, 3.05) is 23.3 Å². The molecule has 0 unspecified atom stereocenters. The number of hydrogen-bond donors (Lipinski definition) is 1. The fourth-order valence-electron chi connectivity index (χ4n) is 3.54. The number of aryl methyl sites for hydroxylation is 3. The highest BCUT2D eigenvalue weighted by Gasteiger charge is 2.18. The fraction of sp³-hybridized carbons (Fsp3) is 0.368. The van der Waals surface area contributed by atoms with E-state index >= 15 is 0 Å². The van der Waals surface area contributed by atoms with Gasteiger partial charge in [-0.3, -0.25) is 9.48 Å². The summed E-state index contributed by atoms with van der Waals surface area (Å²) >= 11 is 0. The van der Waals surface area contributed by atoms with E-state index in [4.69, 9.17) is 0 Å². The van der Waals surface area contributed by atoms with Gasteiger partial charge in [0.15, 0.2) is 5.65 Å². The maximum absolute atomic E-state index is 12.9. The minimum atomic E-state index is -0.174. The van der Waals surface area contributed by atoms with Gasteiger partial charge >= 0.3 is 0 Å². The van der Waals surface area contributed by atoms with Gasteiger partial charge in [-0.2, -0.15) is 5.10 Å². The Bertz CT molecular complexity index is 970. The number of rotatable bonds is 3. The summed E-state index contributed by atoms with van der Waals surface area (Å²) in [5.74, 6) is 0.790. The van der Waals surface area contributed by atoms with Gasteiger partial charge in [0, 0.05) is 25.8 Å². The first-order chi connectivity index (χ1) is 12.5. The van der Waals surface area contributed by atoms with E-state index in [-0.39, 0.29) is 5.91 Å². The van der Waals surface area contributed by atoms with Gasteiger partial charge in [0.1, 0.15) is 5.82 Å². The van der Waals surface area contributed by atoms with Crippen LogP contribution >= 0.6 is 0 Å². The highest BCUT2D eigenvalue weighted by atomic mass is 16.1. The molecule has 1 aliphatic heterocycles. The minimum absolute atomic E-state index is 0.174. The van der Waals surface area contributed by atoms with Crippen LogP contribution in [0.3, 0.4) is 0 Å². The molecule has 4 heterocycles. The van der Waals surface area contributed by atoms with Crippen LogP contribution < -0.4 is 10.2 Å². The topological polar surface area (TPSA) is 75.9 Å². The average molecular weight is 350 g/mol. The Kier molecular flexibility index (Phi) is 4.06. The Morgan fingerprint density at radius 3 is 2.65 bits per heavy atom. The molecule has 0 aliphatic carbocycles. The van der Waals surface area contributed by atoms with Gasteiger partial charge in [-0.15, -0.1) is 0 Å². The van der Waals surface area contributed by atoms with E-state index in [1.54, 1.807) is 16.9 Å². The van der Waals surface area contributed by atoms with Crippen molar-refractivity contribution in [3.05, 3.63) is 41.3 Å². The normalized spacial score (nSPS) is 14.2. The fourth-order valence-corrected chi connectivity index (χ4v) is 3.54. The van der Waals surface area contributed by atoms with Crippen LogP contribution in [-0.4, -0.2) is 38.7 Å². The molecule has 7 heteroatoms. The average Bonchev–Trinajstić information content (AvgIpc) is 3.24. The Morgan fingerprint density at radius 1 is 1.19 bits per heavy atom. The quantitative estimate of drug-likeness (QED) is 0.786. The summed E-state index contributed by atoms with van der Waals surface area (Å²) in [6.07, 6.45) is 4.14. The van der Waals surface area contributed by atoms with Crippen molar-refractivity contribution in [3.63, 3.8) is 0 Å². The molecular formula is C19H22N6O. The third-order valence-corrected chi connectivity index (χ3v) is 4.78. The third-order valence-electron chi connectivity index (χ3n) is 4.78. The van der Waals surface area contributed by atoms with Crippen LogP contribution in [0.4, 0.5) is 11.5 Å². The monoisotopic (exact) mass is 350 g/mol. The second-order valence-corrected chi connectivity index (χ2v) is 6.77. The first-order valence-electron chi connectivity index (χ1n) is 8.86. The van der Waals surface area contributed by atoms with E-state index in [1.807, 2.05) is 33.0 Å². The summed E-state index contributed by atoms with van der Waals surface area (Å²) in [7, 11) is 1.84. The summed E-state index contributed by atoms with van der Waals surface area (Å²) in [4.78, 5) is 24.1. The van der Waals surface area contributed by atoms with Crippen LogP contribution in [0.1, 0.15) is 34.6 Å². The number of anilines is 2. The van der Waals surface area contributed by atoms with E-state index < -0.39 is 0 Å². The van der Waals surface area contributed by atoms with Crippen molar-refractivity contribution in [2.24, 2.45) is 7.05 Å². The maximum Gasteiger partial charge on any atom is 0.256 e. The molecule has 26 heavy (non-hydrogen) atoms. The van der Waals surface area contributed by atoms with E-state index in [0.29, 0.717) is 11.3 Å². The smallest absolute Gasteiger partial charge is 0.256 e. The van der Waals surface area contributed by atoms with Gasteiger partial charge in [0.25, 0.3) is 5.91 Å². The van der Waals surface area contributed by atoms with Gasteiger partial charge in [-0.05, 0) is 44.9 Å². The molecule has 7 nitrogen and oxygen atoms in total. The van der Waals surface area contributed by atoms with Crippen LogP contribution in [0.2, 0.25) is 0 Å². The number of pyridine rings is 2. The number of aromatic nitrogens is 4.